The van der Waals surface area contributed by atoms with Crippen molar-refractivity contribution < 1.29 is 19.2 Å². The average molecular weight is 281 g/mol. The number of nitro groups is 1. The van der Waals surface area contributed by atoms with Crippen LogP contribution in [0.1, 0.15) is 32.3 Å². The molecule has 0 spiro atoms. The fourth-order valence-corrected chi connectivity index (χ4v) is 1.79. The quantitative estimate of drug-likeness (QED) is 0.436. The Labute approximate surface area is 117 Å². The molecule has 110 valence electrons. The van der Waals surface area contributed by atoms with E-state index >= 15 is 0 Å². The minimum atomic E-state index is -0.680. The van der Waals surface area contributed by atoms with Crippen LogP contribution in [0.4, 0.5) is 5.69 Å². The van der Waals surface area contributed by atoms with Crippen molar-refractivity contribution in [2.75, 3.05) is 6.61 Å². The van der Waals surface area contributed by atoms with Gasteiger partial charge in [-0.1, -0.05) is 13.3 Å². The van der Waals surface area contributed by atoms with Gasteiger partial charge in [0.05, 0.1) is 11.5 Å². The SMILES string of the molecule is CCCC(Oc1ccc([N+](=O)[O-])c(C)c1)C(=O)OCC. The lowest BCUT2D eigenvalue weighted by atomic mass is 10.2. The van der Waals surface area contributed by atoms with Gasteiger partial charge in [0.25, 0.3) is 5.69 Å². The summed E-state index contributed by atoms with van der Waals surface area (Å²) in [5.41, 5.74) is 0.520. The van der Waals surface area contributed by atoms with E-state index in [0.717, 1.165) is 6.42 Å². The predicted molar refractivity (Wildman–Crippen MR) is 73.8 cm³/mol. The van der Waals surface area contributed by atoms with Crippen molar-refractivity contribution in [1.82, 2.24) is 0 Å². The smallest absolute Gasteiger partial charge is 0.347 e. The third-order valence-corrected chi connectivity index (χ3v) is 2.74. The highest BCUT2D eigenvalue weighted by atomic mass is 16.6. The van der Waals surface area contributed by atoms with Crippen LogP contribution >= 0.6 is 0 Å². The molecule has 0 N–H and O–H groups in total. The molecule has 0 aliphatic heterocycles. The van der Waals surface area contributed by atoms with Crippen molar-refractivity contribution in [1.29, 1.82) is 0 Å². The Morgan fingerprint density at radius 1 is 1.40 bits per heavy atom. The Hall–Kier alpha value is -2.11. The van der Waals surface area contributed by atoms with Crippen molar-refractivity contribution >= 4 is 11.7 Å². The molecule has 0 saturated carbocycles. The van der Waals surface area contributed by atoms with E-state index < -0.39 is 17.0 Å². The number of benzene rings is 1. The minimum absolute atomic E-state index is 0.0283. The lowest BCUT2D eigenvalue weighted by Gasteiger charge is -2.17. The van der Waals surface area contributed by atoms with Crippen LogP contribution in [0.3, 0.4) is 0 Å². The Bertz CT molecular complexity index is 486. The maximum absolute atomic E-state index is 11.7. The first-order valence-corrected chi connectivity index (χ1v) is 6.57. The number of aryl methyl sites for hydroxylation is 1. The summed E-state index contributed by atoms with van der Waals surface area (Å²) < 4.78 is 10.5. The number of nitro benzene ring substituents is 1. The van der Waals surface area contributed by atoms with Crippen molar-refractivity contribution in [3.05, 3.63) is 33.9 Å². The first kappa shape index (κ1) is 15.9. The number of ether oxygens (including phenoxy) is 2. The summed E-state index contributed by atoms with van der Waals surface area (Å²) in [5.74, 6) is 0.0185. The third-order valence-electron chi connectivity index (χ3n) is 2.74. The fourth-order valence-electron chi connectivity index (χ4n) is 1.79. The Morgan fingerprint density at radius 3 is 2.60 bits per heavy atom. The van der Waals surface area contributed by atoms with Crippen LogP contribution in [0.5, 0.6) is 5.75 Å². The second-order valence-electron chi connectivity index (χ2n) is 4.35. The predicted octanol–water partition coefficient (Wildman–Crippen LogP) is 3.01. The molecule has 0 saturated heterocycles. The van der Waals surface area contributed by atoms with Gasteiger partial charge >= 0.3 is 5.97 Å². The summed E-state index contributed by atoms with van der Waals surface area (Å²) in [5, 5.41) is 10.7. The molecule has 0 bridgehead atoms. The zero-order valence-corrected chi connectivity index (χ0v) is 11.9. The van der Waals surface area contributed by atoms with Crippen molar-refractivity contribution in [3.8, 4) is 5.75 Å². The number of esters is 1. The van der Waals surface area contributed by atoms with Gasteiger partial charge in [0.1, 0.15) is 5.75 Å². The van der Waals surface area contributed by atoms with Crippen LogP contribution in [0, 0.1) is 17.0 Å². The molecule has 20 heavy (non-hydrogen) atoms. The minimum Gasteiger partial charge on any atom is -0.479 e. The molecular formula is C14H19NO5. The normalized spacial score (nSPS) is 11.8. The molecule has 1 aromatic carbocycles. The van der Waals surface area contributed by atoms with E-state index in [1.54, 1.807) is 19.9 Å². The van der Waals surface area contributed by atoms with Gasteiger partial charge in [-0.15, -0.1) is 0 Å². The molecule has 0 aliphatic carbocycles. The molecule has 1 aromatic rings. The Morgan fingerprint density at radius 2 is 2.10 bits per heavy atom. The van der Waals surface area contributed by atoms with Gasteiger partial charge in [0, 0.05) is 11.6 Å². The van der Waals surface area contributed by atoms with Gasteiger partial charge < -0.3 is 9.47 Å². The van der Waals surface area contributed by atoms with E-state index in [1.165, 1.54) is 12.1 Å². The topological polar surface area (TPSA) is 78.7 Å². The van der Waals surface area contributed by atoms with Gasteiger partial charge in [-0.2, -0.15) is 0 Å². The monoisotopic (exact) mass is 281 g/mol. The lowest BCUT2D eigenvalue weighted by molar-refractivity contribution is -0.385. The van der Waals surface area contributed by atoms with Crippen LogP contribution in [0.2, 0.25) is 0 Å². The lowest BCUT2D eigenvalue weighted by Crippen LogP contribution is -2.29. The van der Waals surface area contributed by atoms with E-state index in [1.807, 2.05) is 6.92 Å². The van der Waals surface area contributed by atoms with Crippen molar-refractivity contribution in [2.45, 2.75) is 39.7 Å². The van der Waals surface area contributed by atoms with Gasteiger partial charge in [-0.05, 0) is 32.4 Å². The molecule has 0 fully saturated rings. The van der Waals surface area contributed by atoms with Gasteiger partial charge in [-0.3, -0.25) is 10.1 Å². The molecule has 6 nitrogen and oxygen atoms in total. The van der Waals surface area contributed by atoms with Crippen LogP contribution in [-0.4, -0.2) is 23.6 Å². The number of hydrogen-bond donors (Lipinski definition) is 0. The van der Waals surface area contributed by atoms with E-state index in [4.69, 9.17) is 9.47 Å². The van der Waals surface area contributed by atoms with E-state index in [0.29, 0.717) is 24.3 Å². The van der Waals surface area contributed by atoms with Crippen molar-refractivity contribution in [2.24, 2.45) is 0 Å². The highest BCUT2D eigenvalue weighted by Crippen LogP contribution is 2.24. The van der Waals surface area contributed by atoms with Crippen LogP contribution in [0.25, 0.3) is 0 Å². The van der Waals surface area contributed by atoms with Crippen LogP contribution in [0.15, 0.2) is 18.2 Å². The summed E-state index contributed by atoms with van der Waals surface area (Å²) in [6.07, 6.45) is 0.630. The summed E-state index contributed by atoms with van der Waals surface area (Å²) in [6.45, 7) is 5.60. The third kappa shape index (κ3) is 4.22. The maximum atomic E-state index is 11.7. The highest BCUT2D eigenvalue weighted by molar-refractivity contribution is 5.75. The zero-order chi connectivity index (χ0) is 15.1. The Balaban J connectivity index is 2.86. The van der Waals surface area contributed by atoms with Crippen LogP contribution in [-0.2, 0) is 9.53 Å². The first-order chi connectivity index (χ1) is 9.49. The number of carbonyl (C=O) groups is 1. The number of nitrogens with zero attached hydrogens (tertiary/aromatic N) is 1. The molecule has 0 amide bonds. The molecule has 1 rings (SSSR count). The zero-order valence-electron chi connectivity index (χ0n) is 11.9. The maximum Gasteiger partial charge on any atom is 0.347 e. The summed E-state index contributed by atoms with van der Waals surface area (Å²) in [7, 11) is 0. The van der Waals surface area contributed by atoms with Gasteiger partial charge in [-0.25, -0.2) is 4.79 Å². The van der Waals surface area contributed by atoms with Crippen LogP contribution < -0.4 is 4.74 Å². The largest absolute Gasteiger partial charge is 0.479 e. The summed E-state index contributed by atoms with van der Waals surface area (Å²) in [4.78, 5) is 22.0. The second-order valence-corrected chi connectivity index (χ2v) is 4.35. The molecule has 0 aromatic heterocycles. The number of hydrogen-bond acceptors (Lipinski definition) is 5. The van der Waals surface area contributed by atoms with E-state index in [-0.39, 0.29) is 5.69 Å². The summed E-state index contributed by atoms with van der Waals surface area (Å²) >= 11 is 0. The summed E-state index contributed by atoms with van der Waals surface area (Å²) in [6, 6.07) is 4.42. The number of carbonyl (C=O) groups excluding carboxylic acids is 1. The molecule has 6 heteroatoms. The fraction of sp³-hybridized carbons (Fsp3) is 0.500. The Kier molecular flexibility index (Phi) is 5.96. The second kappa shape index (κ2) is 7.47. The van der Waals surface area contributed by atoms with E-state index in [9.17, 15) is 14.9 Å². The molecule has 1 atom stereocenters. The molecular weight excluding hydrogens is 262 g/mol. The van der Waals surface area contributed by atoms with Gasteiger partial charge in [0.2, 0.25) is 0 Å². The number of rotatable bonds is 7. The van der Waals surface area contributed by atoms with Crippen molar-refractivity contribution in [3.63, 3.8) is 0 Å². The average Bonchev–Trinajstić information content (AvgIpc) is 2.38. The standard InChI is InChI=1S/C14H19NO5/c1-4-6-13(14(16)19-5-2)20-11-7-8-12(15(17)18)10(3)9-11/h7-9,13H,4-6H2,1-3H3. The van der Waals surface area contributed by atoms with Gasteiger partial charge in [0.15, 0.2) is 6.10 Å². The molecule has 0 aliphatic rings. The molecule has 1 unspecified atom stereocenters. The highest BCUT2D eigenvalue weighted by Gasteiger charge is 2.21. The van der Waals surface area contributed by atoms with E-state index in [2.05, 4.69) is 0 Å². The molecule has 0 radical (unpaired) electrons. The first-order valence-electron chi connectivity index (χ1n) is 6.57. The molecule has 0 heterocycles.